The number of nitrogens with zero attached hydrogens (tertiary/aromatic N) is 1. The van der Waals surface area contributed by atoms with Gasteiger partial charge in [-0.25, -0.2) is 4.98 Å². The summed E-state index contributed by atoms with van der Waals surface area (Å²) in [5, 5.41) is 6.11. The number of amides is 1. The molecule has 0 bridgehead atoms. The molecule has 2 aromatic rings. The Hall–Kier alpha value is -2.60. The smallest absolute Gasteiger partial charge is 0.241 e. The molecule has 0 unspecified atom stereocenters. The van der Waals surface area contributed by atoms with E-state index in [1.165, 1.54) is 0 Å². The van der Waals surface area contributed by atoms with Gasteiger partial charge in [0.1, 0.15) is 11.5 Å². The number of benzene rings is 1. The first-order valence-corrected chi connectivity index (χ1v) is 8.07. The number of anilines is 1. The highest BCUT2D eigenvalue weighted by molar-refractivity contribution is 5.94. The van der Waals surface area contributed by atoms with Gasteiger partial charge in [-0.15, -0.1) is 0 Å². The number of hydrogen-bond donors (Lipinski definition) is 2. The number of pyridine rings is 1. The normalized spacial score (nSPS) is 17.1. The van der Waals surface area contributed by atoms with Crippen LogP contribution >= 0.6 is 0 Å². The molecule has 6 heteroatoms. The van der Waals surface area contributed by atoms with Crippen molar-refractivity contribution < 1.29 is 14.3 Å². The van der Waals surface area contributed by atoms with Gasteiger partial charge in [0.15, 0.2) is 0 Å². The fraction of sp³-hybridized carbons (Fsp3) is 0.333. The molecule has 1 aliphatic heterocycles. The van der Waals surface area contributed by atoms with Crippen molar-refractivity contribution in [3.63, 3.8) is 0 Å². The SMILES string of the molecule is COc1ccc(Oc2ccc(NC(=O)[C@H]3CCCCN3)cn2)cc1. The van der Waals surface area contributed by atoms with E-state index in [1.807, 2.05) is 24.3 Å². The van der Waals surface area contributed by atoms with Crippen molar-refractivity contribution in [3.05, 3.63) is 42.6 Å². The van der Waals surface area contributed by atoms with Gasteiger partial charge in [-0.3, -0.25) is 4.79 Å². The van der Waals surface area contributed by atoms with Crippen molar-refractivity contribution in [1.82, 2.24) is 10.3 Å². The van der Waals surface area contributed by atoms with E-state index in [0.29, 0.717) is 17.3 Å². The summed E-state index contributed by atoms with van der Waals surface area (Å²) < 4.78 is 10.8. The number of piperidine rings is 1. The van der Waals surface area contributed by atoms with Crippen LogP contribution in [0.25, 0.3) is 0 Å². The number of hydrogen-bond acceptors (Lipinski definition) is 5. The van der Waals surface area contributed by atoms with E-state index < -0.39 is 0 Å². The summed E-state index contributed by atoms with van der Waals surface area (Å²) in [6.07, 6.45) is 4.68. The Balaban J connectivity index is 1.57. The first-order valence-electron chi connectivity index (χ1n) is 8.07. The second kappa shape index (κ2) is 7.79. The topological polar surface area (TPSA) is 72.5 Å². The van der Waals surface area contributed by atoms with Crippen LogP contribution in [-0.4, -0.2) is 30.6 Å². The zero-order valence-corrected chi connectivity index (χ0v) is 13.6. The van der Waals surface area contributed by atoms with Crippen LogP contribution in [0.4, 0.5) is 5.69 Å². The molecule has 1 aliphatic rings. The van der Waals surface area contributed by atoms with Gasteiger partial charge in [0.2, 0.25) is 11.8 Å². The molecule has 6 nitrogen and oxygen atoms in total. The molecule has 2 heterocycles. The number of methoxy groups -OCH3 is 1. The third-order valence-electron chi connectivity index (χ3n) is 3.91. The van der Waals surface area contributed by atoms with E-state index in [0.717, 1.165) is 31.6 Å². The van der Waals surface area contributed by atoms with Crippen LogP contribution in [0.3, 0.4) is 0 Å². The minimum atomic E-state index is -0.117. The zero-order chi connectivity index (χ0) is 16.8. The van der Waals surface area contributed by atoms with Gasteiger partial charge in [0, 0.05) is 6.07 Å². The highest BCUT2D eigenvalue weighted by atomic mass is 16.5. The highest BCUT2D eigenvalue weighted by Crippen LogP contribution is 2.23. The lowest BCUT2D eigenvalue weighted by Gasteiger charge is -2.22. The molecule has 0 radical (unpaired) electrons. The Morgan fingerprint density at radius 1 is 1.17 bits per heavy atom. The van der Waals surface area contributed by atoms with E-state index in [1.54, 1.807) is 25.4 Å². The fourth-order valence-corrected chi connectivity index (χ4v) is 2.58. The zero-order valence-electron chi connectivity index (χ0n) is 13.6. The average Bonchev–Trinajstić information content (AvgIpc) is 2.65. The second-order valence-electron chi connectivity index (χ2n) is 5.65. The molecule has 2 N–H and O–H groups in total. The molecule has 1 atom stereocenters. The second-order valence-corrected chi connectivity index (χ2v) is 5.65. The lowest BCUT2D eigenvalue weighted by Crippen LogP contribution is -2.43. The van der Waals surface area contributed by atoms with Crippen LogP contribution < -0.4 is 20.1 Å². The average molecular weight is 327 g/mol. The van der Waals surface area contributed by atoms with Crippen LogP contribution in [-0.2, 0) is 4.79 Å². The molecule has 0 spiro atoms. The van der Waals surface area contributed by atoms with Gasteiger partial charge in [0.25, 0.3) is 0 Å². The molecular formula is C18H21N3O3. The molecule has 1 amide bonds. The van der Waals surface area contributed by atoms with Gasteiger partial charge in [0.05, 0.1) is 25.0 Å². The number of carbonyl (C=O) groups excluding carboxylic acids is 1. The first-order chi connectivity index (χ1) is 11.7. The summed E-state index contributed by atoms with van der Waals surface area (Å²) in [5.74, 6) is 1.89. The number of ether oxygens (including phenoxy) is 2. The Labute approximate surface area is 141 Å². The third-order valence-corrected chi connectivity index (χ3v) is 3.91. The van der Waals surface area contributed by atoms with Crippen LogP contribution in [0, 0.1) is 0 Å². The lowest BCUT2D eigenvalue weighted by molar-refractivity contribution is -0.118. The number of aromatic nitrogens is 1. The minimum absolute atomic E-state index is 0.0136. The minimum Gasteiger partial charge on any atom is -0.497 e. The van der Waals surface area contributed by atoms with E-state index in [4.69, 9.17) is 9.47 Å². The number of carbonyl (C=O) groups is 1. The molecule has 3 rings (SSSR count). The van der Waals surface area contributed by atoms with Gasteiger partial charge >= 0.3 is 0 Å². The van der Waals surface area contributed by atoms with Gasteiger partial charge in [-0.05, 0) is 49.7 Å². The third kappa shape index (κ3) is 4.23. The molecule has 1 saturated heterocycles. The van der Waals surface area contributed by atoms with Crippen molar-refractivity contribution in [1.29, 1.82) is 0 Å². The van der Waals surface area contributed by atoms with Crippen molar-refractivity contribution in [3.8, 4) is 17.4 Å². The Kier molecular flexibility index (Phi) is 5.28. The maximum Gasteiger partial charge on any atom is 0.241 e. The monoisotopic (exact) mass is 327 g/mol. The van der Waals surface area contributed by atoms with Gasteiger partial charge in [-0.1, -0.05) is 6.42 Å². The van der Waals surface area contributed by atoms with E-state index >= 15 is 0 Å². The molecule has 24 heavy (non-hydrogen) atoms. The fourth-order valence-electron chi connectivity index (χ4n) is 2.58. The highest BCUT2D eigenvalue weighted by Gasteiger charge is 2.20. The summed E-state index contributed by atoms with van der Waals surface area (Å²) in [5.41, 5.74) is 0.662. The molecule has 1 fully saturated rings. The maximum atomic E-state index is 12.2. The summed E-state index contributed by atoms with van der Waals surface area (Å²) in [4.78, 5) is 16.4. The predicted octanol–water partition coefficient (Wildman–Crippen LogP) is 2.96. The standard InChI is InChI=1S/C18H21N3O3/c1-23-14-6-8-15(9-7-14)24-17-10-5-13(12-20-17)21-18(22)16-4-2-3-11-19-16/h5-10,12,16,19H,2-4,11H2,1H3,(H,21,22)/t16-/m1/s1. The lowest BCUT2D eigenvalue weighted by atomic mass is 10.0. The summed E-state index contributed by atoms with van der Waals surface area (Å²) in [7, 11) is 1.62. The quantitative estimate of drug-likeness (QED) is 0.883. The van der Waals surface area contributed by atoms with Crippen LogP contribution in [0.2, 0.25) is 0 Å². The van der Waals surface area contributed by atoms with Crippen LogP contribution in [0.5, 0.6) is 17.4 Å². The number of rotatable bonds is 5. The molecule has 0 aliphatic carbocycles. The van der Waals surface area contributed by atoms with Gasteiger partial charge in [-0.2, -0.15) is 0 Å². The molecule has 126 valence electrons. The van der Waals surface area contributed by atoms with Gasteiger partial charge < -0.3 is 20.1 Å². The van der Waals surface area contributed by atoms with Crippen molar-refractivity contribution in [2.24, 2.45) is 0 Å². The van der Waals surface area contributed by atoms with Crippen molar-refractivity contribution >= 4 is 11.6 Å². The first kappa shape index (κ1) is 16.3. The molecule has 1 aromatic carbocycles. The van der Waals surface area contributed by atoms with E-state index in [-0.39, 0.29) is 11.9 Å². The largest absolute Gasteiger partial charge is 0.497 e. The number of nitrogens with one attached hydrogen (secondary N) is 2. The summed E-state index contributed by atoms with van der Waals surface area (Å²) in [6.45, 7) is 0.894. The van der Waals surface area contributed by atoms with E-state index in [9.17, 15) is 4.79 Å². The van der Waals surface area contributed by atoms with Crippen LogP contribution in [0.1, 0.15) is 19.3 Å². The Morgan fingerprint density at radius 2 is 1.96 bits per heavy atom. The predicted molar refractivity (Wildman–Crippen MR) is 91.6 cm³/mol. The maximum absolute atomic E-state index is 12.2. The molecule has 0 saturated carbocycles. The van der Waals surface area contributed by atoms with E-state index in [2.05, 4.69) is 15.6 Å². The molecule has 1 aromatic heterocycles. The summed E-state index contributed by atoms with van der Waals surface area (Å²) >= 11 is 0. The van der Waals surface area contributed by atoms with Crippen molar-refractivity contribution in [2.45, 2.75) is 25.3 Å². The summed E-state index contributed by atoms with van der Waals surface area (Å²) in [6, 6.07) is 10.7. The van der Waals surface area contributed by atoms with Crippen LogP contribution in [0.15, 0.2) is 42.6 Å². The Morgan fingerprint density at radius 3 is 2.58 bits per heavy atom. The molecular weight excluding hydrogens is 306 g/mol. The Bertz CT molecular complexity index is 665. The van der Waals surface area contributed by atoms with Crippen molar-refractivity contribution in [2.75, 3.05) is 19.0 Å².